The lowest BCUT2D eigenvalue weighted by atomic mass is 10.2. The van der Waals surface area contributed by atoms with Gasteiger partial charge in [-0.05, 0) is 30.3 Å². The monoisotopic (exact) mass is 320 g/mol. The molecule has 0 heterocycles. The Hall–Kier alpha value is -2.00. The molecule has 0 saturated heterocycles. The Kier molecular flexibility index (Phi) is 4.86. The number of hydrogen-bond donors (Lipinski definition) is 2. The Balaban J connectivity index is 2.34. The highest BCUT2D eigenvalue weighted by atomic mass is 35.5. The van der Waals surface area contributed by atoms with E-state index in [4.69, 9.17) is 17.3 Å². The van der Waals surface area contributed by atoms with Gasteiger partial charge in [0, 0.05) is 5.56 Å². The molecular formula is C15H13ClN2O2S. The summed E-state index contributed by atoms with van der Waals surface area (Å²) >= 11 is 5.95. The predicted octanol–water partition coefficient (Wildman–Crippen LogP) is 2.45. The van der Waals surface area contributed by atoms with Gasteiger partial charge >= 0.3 is 0 Å². The van der Waals surface area contributed by atoms with Crippen molar-refractivity contribution in [3.8, 4) is 11.8 Å². The van der Waals surface area contributed by atoms with Gasteiger partial charge in [0.15, 0.2) is 0 Å². The van der Waals surface area contributed by atoms with Crippen molar-refractivity contribution in [1.82, 2.24) is 0 Å². The Bertz CT molecular complexity index is 808. The third-order valence-electron chi connectivity index (χ3n) is 2.60. The smallest absolute Gasteiger partial charge is 0.261 e. The molecule has 0 aromatic heterocycles. The minimum atomic E-state index is -3.72. The zero-order chi connectivity index (χ0) is 15.3. The largest absolute Gasteiger partial charge is 0.320 e. The van der Waals surface area contributed by atoms with Gasteiger partial charge < -0.3 is 5.73 Å². The van der Waals surface area contributed by atoms with Gasteiger partial charge in [0.05, 0.1) is 22.2 Å². The zero-order valence-electron chi connectivity index (χ0n) is 11.0. The van der Waals surface area contributed by atoms with Gasteiger partial charge in [-0.25, -0.2) is 8.42 Å². The van der Waals surface area contributed by atoms with Gasteiger partial charge in [-0.1, -0.05) is 41.6 Å². The standard InChI is InChI=1S/C15H13ClN2O2S/c16-14-8-1-2-9-15(14)18-21(19,20)13-7-3-5-12(11-13)6-4-10-17/h1-3,5,7-9,11,18H,10,17H2. The molecule has 2 rings (SSSR count). The topological polar surface area (TPSA) is 72.2 Å². The van der Waals surface area contributed by atoms with Gasteiger partial charge in [0.2, 0.25) is 0 Å². The van der Waals surface area contributed by atoms with Crippen molar-refractivity contribution >= 4 is 27.3 Å². The summed E-state index contributed by atoms with van der Waals surface area (Å²) in [6.45, 7) is 0.217. The van der Waals surface area contributed by atoms with Crippen molar-refractivity contribution in [1.29, 1.82) is 0 Å². The average molecular weight is 321 g/mol. The first-order valence-corrected chi connectivity index (χ1v) is 7.95. The van der Waals surface area contributed by atoms with Crippen LogP contribution in [0.15, 0.2) is 53.4 Å². The SMILES string of the molecule is NCC#Cc1cccc(S(=O)(=O)Nc2ccccc2Cl)c1. The number of nitrogens with one attached hydrogen (secondary N) is 1. The van der Waals surface area contributed by atoms with Crippen molar-refractivity contribution in [3.63, 3.8) is 0 Å². The molecule has 3 N–H and O–H groups in total. The molecule has 0 bridgehead atoms. The van der Waals surface area contributed by atoms with E-state index < -0.39 is 10.0 Å². The van der Waals surface area contributed by atoms with Crippen molar-refractivity contribution in [2.24, 2.45) is 5.73 Å². The maximum absolute atomic E-state index is 12.3. The van der Waals surface area contributed by atoms with Gasteiger partial charge in [0.25, 0.3) is 10.0 Å². The van der Waals surface area contributed by atoms with E-state index in [-0.39, 0.29) is 11.4 Å². The number of benzene rings is 2. The van der Waals surface area contributed by atoms with E-state index >= 15 is 0 Å². The fourth-order valence-corrected chi connectivity index (χ4v) is 3.01. The predicted molar refractivity (Wildman–Crippen MR) is 84.6 cm³/mol. The number of sulfonamides is 1. The average Bonchev–Trinajstić information content (AvgIpc) is 2.48. The lowest BCUT2D eigenvalue weighted by Crippen LogP contribution is -2.13. The third-order valence-corrected chi connectivity index (χ3v) is 4.29. The minimum Gasteiger partial charge on any atom is -0.320 e. The quantitative estimate of drug-likeness (QED) is 0.853. The first-order valence-electron chi connectivity index (χ1n) is 6.09. The summed E-state index contributed by atoms with van der Waals surface area (Å²) in [6.07, 6.45) is 0. The van der Waals surface area contributed by atoms with E-state index in [1.165, 1.54) is 12.1 Å². The van der Waals surface area contributed by atoms with Crippen molar-refractivity contribution in [2.75, 3.05) is 11.3 Å². The summed E-state index contributed by atoms with van der Waals surface area (Å²) in [4.78, 5) is 0.117. The number of halogens is 1. The second-order valence-electron chi connectivity index (χ2n) is 4.12. The molecule has 6 heteroatoms. The molecule has 0 unspecified atom stereocenters. The number of para-hydroxylation sites is 1. The Morgan fingerprint density at radius 1 is 1.14 bits per heavy atom. The maximum Gasteiger partial charge on any atom is 0.261 e. The Morgan fingerprint density at radius 2 is 1.90 bits per heavy atom. The molecule has 0 amide bonds. The molecule has 108 valence electrons. The van der Waals surface area contributed by atoms with Crippen molar-refractivity contribution in [2.45, 2.75) is 4.90 Å². The highest BCUT2D eigenvalue weighted by Gasteiger charge is 2.15. The van der Waals surface area contributed by atoms with E-state index in [1.54, 1.807) is 36.4 Å². The van der Waals surface area contributed by atoms with E-state index in [9.17, 15) is 8.42 Å². The van der Waals surface area contributed by atoms with Gasteiger partial charge in [-0.3, -0.25) is 4.72 Å². The first-order chi connectivity index (χ1) is 10.0. The van der Waals surface area contributed by atoms with Crippen molar-refractivity contribution in [3.05, 3.63) is 59.1 Å². The number of anilines is 1. The van der Waals surface area contributed by atoms with Crippen LogP contribution in [0.1, 0.15) is 5.56 Å². The van der Waals surface area contributed by atoms with Crippen LogP contribution in [-0.2, 0) is 10.0 Å². The van der Waals surface area contributed by atoms with Crippen LogP contribution in [0.2, 0.25) is 5.02 Å². The van der Waals surface area contributed by atoms with E-state index in [0.717, 1.165) is 0 Å². The molecule has 0 saturated carbocycles. The van der Waals surface area contributed by atoms with Crippen LogP contribution in [0, 0.1) is 11.8 Å². The molecular weight excluding hydrogens is 308 g/mol. The summed E-state index contributed by atoms with van der Waals surface area (Å²) in [5.41, 5.74) is 6.22. The number of nitrogens with two attached hydrogens (primary N) is 1. The third kappa shape index (κ3) is 3.99. The molecule has 0 aliphatic carbocycles. The van der Waals surface area contributed by atoms with Crippen LogP contribution >= 0.6 is 11.6 Å². The molecule has 0 radical (unpaired) electrons. The van der Waals surface area contributed by atoms with E-state index in [0.29, 0.717) is 16.3 Å². The van der Waals surface area contributed by atoms with Crippen LogP contribution < -0.4 is 10.5 Å². The molecule has 0 aliphatic rings. The van der Waals surface area contributed by atoms with Gasteiger partial charge in [-0.15, -0.1) is 0 Å². The lowest BCUT2D eigenvalue weighted by Gasteiger charge is -2.09. The van der Waals surface area contributed by atoms with Gasteiger partial charge in [-0.2, -0.15) is 0 Å². The van der Waals surface area contributed by atoms with Crippen LogP contribution in [0.4, 0.5) is 5.69 Å². The molecule has 0 aliphatic heterocycles. The van der Waals surface area contributed by atoms with Crippen molar-refractivity contribution < 1.29 is 8.42 Å². The lowest BCUT2D eigenvalue weighted by molar-refractivity contribution is 0.601. The summed E-state index contributed by atoms with van der Waals surface area (Å²) < 4.78 is 27.1. The van der Waals surface area contributed by atoms with E-state index in [1.807, 2.05) is 0 Å². The summed E-state index contributed by atoms with van der Waals surface area (Å²) in [5.74, 6) is 5.48. The summed E-state index contributed by atoms with van der Waals surface area (Å²) in [7, 11) is -3.72. The molecule has 4 nitrogen and oxygen atoms in total. The highest BCUT2D eigenvalue weighted by molar-refractivity contribution is 7.92. The normalized spacial score (nSPS) is 10.6. The summed E-state index contributed by atoms with van der Waals surface area (Å²) in [6, 6.07) is 13.0. The minimum absolute atomic E-state index is 0.117. The molecule has 0 fully saturated rings. The first kappa shape index (κ1) is 15.4. The number of rotatable bonds is 3. The van der Waals surface area contributed by atoms with Crippen LogP contribution in [0.25, 0.3) is 0 Å². The Morgan fingerprint density at radius 3 is 2.62 bits per heavy atom. The molecule has 0 atom stereocenters. The molecule has 2 aromatic carbocycles. The van der Waals surface area contributed by atoms with Crippen LogP contribution in [0.5, 0.6) is 0 Å². The maximum atomic E-state index is 12.3. The molecule has 2 aromatic rings. The second-order valence-corrected chi connectivity index (χ2v) is 6.21. The summed E-state index contributed by atoms with van der Waals surface area (Å²) in [5, 5.41) is 0.333. The van der Waals surface area contributed by atoms with E-state index in [2.05, 4.69) is 16.6 Å². The second kappa shape index (κ2) is 6.64. The van der Waals surface area contributed by atoms with Crippen LogP contribution in [0.3, 0.4) is 0 Å². The molecule has 21 heavy (non-hydrogen) atoms. The zero-order valence-corrected chi connectivity index (χ0v) is 12.6. The molecule has 0 spiro atoms. The van der Waals surface area contributed by atoms with Crippen LogP contribution in [-0.4, -0.2) is 15.0 Å². The number of hydrogen-bond acceptors (Lipinski definition) is 3. The van der Waals surface area contributed by atoms with Gasteiger partial charge in [0.1, 0.15) is 0 Å². The fraction of sp³-hybridized carbons (Fsp3) is 0.0667. The fourth-order valence-electron chi connectivity index (χ4n) is 1.64. The Labute approximate surface area is 129 Å². The highest BCUT2D eigenvalue weighted by Crippen LogP contribution is 2.24.